The number of likely N-dealkylation sites (tertiary alicyclic amines) is 1. The van der Waals surface area contributed by atoms with E-state index in [1.54, 1.807) is 25.2 Å². The maximum absolute atomic E-state index is 11.6. The number of amides is 1. The van der Waals surface area contributed by atoms with Crippen molar-refractivity contribution < 1.29 is 9.90 Å². The van der Waals surface area contributed by atoms with Crippen molar-refractivity contribution in [3.05, 3.63) is 33.8 Å². The molecular formula is C15H20Cl2N2O2. The van der Waals surface area contributed by atoms with Gasteiger partial charge in [0.05, 0.1) is 6.10 Å². The summed E-state index contributed by atoms with van der Waals surface area (Å²) in [4.78, 5) is 13.7. The number of aliphatic hydroxyl groups excluding tert-OH is 1. The molecule has 2 rings (SSSR count). The molecule has 1 saturated heterocycles. The van der Waals surface area contributed by atoms with Gasteiger partial charge in [0.25, 0.3) is 0 Å². The van der Waals surface area contributed by atoms with Crippen molar-refractivity contribution in [1.82, 2.24) is 10.2 Å². The molecule has 0 aliphatic carbocycles. The number of carbonyl (C=O) groups is 1. The van der Waals surface area contributed by atoms with Crippen molar-refractivity contribution in [2.45, 2.75) is 18.9 Å². The lowest BCUT2D eigenvalue weighted by Gasteiger charge is -2.32. The molecule has 6 heteroatoms. The van der Waals surface area contributed by atoms with Crippen molar-refractivity contribution in [2.75, 3.05) is 26.7 Å². The van der Waals surface area contributed by atoms with E-state index in [2.05, 4.69) is 10.2 Å². The summed E-state index contributed by atoms with van der Waals surface area (Å²) in [6.45, 7) is 2.13. The number of β-amino-alcohol motifs (C(OH)–C–C–N with tert-alkyl or cyclic N) is 1. The van der Waals surface area contributed by atoms with Gasteiger partial charge in [0.1, 0.15) is 0 Å². The van der Waals surface area contributed by atoms with Crippen molar-refractivity contribution in [1.29, 1.82) is 0 Å². The zero-order valence-corrected chi connectivity index (χ0v) is 13.5. The molecule has 1 aliphatic rings. The lowest BCUT2D eigenvalue weighted by molar-refractivity contribution is -0.126. The van der Waals surface area contributed by atoms with Crippen LogP contribution in [-0.2, 0) is 4.79 Å². The number of aliphatic hydroxyl groups is 1. The quantitative estimate of drug-likeness (QED) is 0.891. The van der Waals surface area contributed by atoms with Crippen molar-refractivity contribution in [2.24, 2.45) is 5.92 Å². The molecule has 116 valence electrons. The molecule has 1 amide bonds. The van der Waals surface area contributed by atoms with Gasteiger partial charge >= 0.3 is 0 Å². The number of halogens is 2. The summed E-state index contributed by atoms with van der Waals surface area (Å²) in [5.74, 6) is 0.193. The first-order chi connectivity index (χ1) is 10.0. The van der Waals surface area contributed by atoms with E-state index in [1.165, 1.54) is 0 Å². The highest BCUT2D eigenvalue weighted by Gasteiger charge is 2.25. The largest absolute Gasteiger partial charge is 0.387 e. The predicted molar refractivity (Wildman–Crippen MR) is 84.7 cm³/mol. The van der Waals surface area contributed by atoms with Gasteiger partial charge in [0, 0.05) is 35.1 Å². The van der Waals surface area contributed by atoms with Crippen LogP contribution in [-0.4, -0.2) is 42.6 Å². The van der Waals surface area contributed by atoms with E-state index in [-0.39, 0.29) is 11.8 Å². The Morgan fingerprint density at radius 1 is 1.43 bits per heavy atom. The minimum Gasteiger partial charge on any atom is -0.387 e. The van der Waals surface area contributed by atoms with Gasteiger partial charge in [-0.15, -0.1) is 0 Å². The van der Waals surface area contributed by atoms with Crippen LogP contribution in [0.4, 0.5) is 0 Å². The minimum absolute atomic E-state index is 0.0857. The summed E-state index contributed by atoms with van der Waals surface area (Å²) in [6.07, 6.45) is 0.993. The first kappa shape index (κ1) is 16.6. The molecule has 1 aliphatic heterocycles. The van der Waals surface area contributed by atoms with E-state index >= 15 is 0 Å². The monoisotopic (exact) mass is 330 g/mol. The van der Waals surface area contributed by atoms with Crippen LogP contribution in [0.25, 0.3) is 0 Å². The van der Waals surface area contributed by atoms with E-state index in [0.29, 0.717) is 22.2 Å². The van der Waals surface area contributed by atoms with Gasteiger partial charge < -0.3 is 15.3 Å². The second-order valence-electron chi connectivity index (χ2n) is 5.37. The summed E-state index contributed by atoms with van der Waals surface area (Å²) in [6, 6.07) is 5.12. The van der Waals surface area contributed by atoms with Crippen LogP contribution >= 0.6 is 23.2 Å². The molecule has 4 nitrogen and oxygen atoms in total. The zero-order chi connectivity index (χ0) is 15.4. The molecular weight excluding hydrogens is 311 g/mol. The molecule has 0 radical (unpaired) electrons. The lowest BCUT2D eigenvalue weighted by Crippen LogP contribution is -2.41. The highest BCUT2D eigenvalue weighted by Crippen LogP contribution is 2.28. The van der Waals surface area contributed by atoms with Crippen LogP contribution in [0.1, 0.15) is 24.5 Å². The molecule has 0 saturated carbocycles. The second-order valence-corrected chi connectivity index (χ2v) is 6.21. The molecule has 0 bridgehead atoms. The first-order valence-electron chi connectivity index (χ1n) is 7.08. The van der Waals surface area contributed by atoms with Gasteiger partial charge in [-0.25, -0.2) is 0 Å². The summed E-state index contributed by atoms with van der Waals surface area (Å²) >= 11 is 12.0. The van der Waals surface area contributed by atoms with Gasteiger partial charge in [0.2, 0.25) is 5.91 Å². The third kappa shape index (κ3) is 4.33. The van der Waals surface area contributed by atoms with Gasteiger partial charge in [-0.05, 0) is 38.1 Å². The van der Waals surface area contributed by atoms with Crippen molar-refractivity contribution in [3.63, 3.8) is 0 Å². The summed E-state index contributed by atoms with van der Waals surface area (Å²) < 4.78 is 0. The Kier molecular flexibility index (Phi) is 5.88. The molecule has 1 heterocycles. The average Bonchev–Trinajstić information content (AvgIpc) is 2.47. The van der Waals surface area contributed by atoms with Gasteiger partial charge in [-0.1, -0.05) is 29.3 Å². The topological polar surface area (TPSA) is 52.6 Å². The summed E-state index contributed by atoms with van der Waals surface area (Å²) in [7, 11) is 1.67. The Labute approximate surface area is 135 Å². The Morgan fingerprint density at radius 2 is 2.10 bits per heavy atom. The van der Waals surface area contributed by atoms with Gasteiger partial charge in [-0.3, -0.25) is 4.79 Å². The van der Waals surface area contributed by atoms with Crippen LogP contribution < -0.4 is 5.32 Å². The fourth-order valence-electron chi connectivity index (χ4n) is 2.70. The highest BCUT2D eigenvalue weighted by atomic mass is 35.5. The highest BCUT2D eigenvalue weighted by molar-refractivity contribution is 6.35. The van der Waals surface area contributed by atoms with Gasteiger partial charge in [-0.2, -0.15) is 0 Å². The number of benzene rings is 1. The third-order valence-electron chi connectivity index (χ3n) is 3.96. The number of carbonyl (C=O) groups excluding carboxylic acids is 1. The number of nitrogens with zero attached hydrogens (tertiary/aromatic N) is 1. The fraction of sp³-hybridized carbons (Fsp3) is 0.533. The molecule has 1 fully saturated rings. The van der Waals surface area contributed by atoms with E-state index in [1.807, 2.05) is 0 Å². The lowest BCUT2D eigenvalue weighted by atomic mass is 9.95. The Balaban J connectivity index is 1.89. The maximum Gasteiger partial charge on any atom is 0.222 e. The van der Waals surface area contributed by atoms with Crippen LogP contribution in [0.2, 0.25) is 10.0 Å². The average molecular weight is 331 g/mol. The minimum atomic E-state index is -0.647. The third-order valence-corrected chi connectivity index (χ3v) is 4.52. The number of hydrogen-bond acceptors (Lipinski definition) is 3. The predicted octanol–water partition coefficient (Wildman–Crippen LogP) is 2.48. The number of nitrogens with one attached hydrogen (secondary N) is 1. The number of hydrogen-bond donors (Lipinski definition) is 2. The Morgan fingerprint density at radius 3 is 2.67 bits per heavy atom. The van der Waals surface area contributed by atoms with Crippen LogP contribution in [0.5, 0.6) is 0 Å². The number of rotatable bonds is 4. The molecule has 1 atom stereocenters. The number of piperidine rings is 1. The summed E-state index contributed by atoms with van der Waals surface area (Å²) in [5.41, 5.74) is 0.689. The van der Waals surface area contributed by atoms with Crippen LogP contribution in [0.3, 0.4) is 0 Å². The van der Waals surface area contributed by atoms with Gasteiger partial charge in [0.15, 0.2) is 0 Å². The zero-order valence-electron chi connectivity index (χ0n) is 12.0. The SMILES string of the molecule is CNC(=O)C1CCN(CC(O)c2ccc(Cl)cc2Cl)CC1. The second kappa shape index (κ2) is 7.45. The fourth-order valence-corrected chi connectivity index (χ4v) is 3.23. The van der Waals surface area contributed by atoms with E-state index in [9.17, 15) is 9.90 Å². The van der Waals surface area contributed by atoms with Crippen LogP contribution in [0, 0.1) is 5.92 Å². The summed E-state index contributed by atoms with van der Waals surface area (Å²) in [5, 5.41) is 14.0. The van der Waals surface area contributed by atoms with E-state index in [0.717, 1.165) is 25.9 Å². The van der Waals surface area contributed by atoms with Crippen LogP contribution in [0.15, 0.2) is 18.2 Å². The molecule has 0 spiro atoms. The normalized spacial score (nSPS) is 18.5. The Hall–Kier alpha value is -0.810. The van der Waals surface area contributed by atoms with E-state index < -0.39 is 6.10 Å². The molecule has 2 N–H and O–H groups in total. The Bertz CT molecular complexity index is 502. The van der Waals surface area contributed by atoms with Crippen molar-refractivity contribution in [3.8, 4) is 0 Å². The molecule has 21 heavy (non-hydrogen) atoms. The standard InChI is InChI=1S/C15H20Cl2N2O2/c1-18-15(21)10-4-6-19(7-5-10)9-14(20)12-3-2-11(16)8-13(12)17/h2-3,8,10,14,20H,4-7,9H2,1H3,(H,18,21). The molecule has 1 aromatic carbocycles. The maximum atomic E-state index is 11.6. The first-order valence-corrected chi connectivity index (χ1v) is 7.84. The molecule has 1 aromatic rings. The van der Waals surface area contributed by atoms with Crippen molar-refractivity contribution >= 4 is 29.1 Å². The molecule has 0 aromatic heterocycles. The molecule has 1 unspecified atom stereocenters. The van der Waals surface area contributed by atoms with E-state index in [4.69, 9.17) is 23.2 Å². The smallest absolute Gasteiger partial charge is 0.222 e.